The van der Waals surface area contributed by atoms with E-state index in [0.717, 1.165) is 19.3 Å². The summed E-state index contributed by atoms with van der Waals surface area (Å²) in [5.41, 5.74) is -0.755. The number of ether oxygens (including phenoxy) is 1. The van der Waals surface area contributed by atoms with Crippen LogP contribution in [-0.4, -0.2) is 34.0 Å². The van der Waals surface area contributed by atoms with Gasteiger partial charge in [-0.25, -0.2) is 4.79 Å². The first-order valence-electron chi connectivity index (χ1n) is 6.81. The van der Waals surface area contributed by atoms with E-state index in [9.17, 15) is 9.59 Å². The maximum Gasteiger partial charge on any atom is 0.411 e. The van der Waals surface area contributed by atoms with E-state index < -0.39 is 5.60 Å². The van der Waals surface area contributed by atoms with Gasteiger partial charge in [-0.15, -0.1) is 0 Å². The Kier molecular flexibility index (Phi) is 3.16. The molecule has 2 aliphatic rings. The summed E-state index contributed by atoms with van der Waals surface area (Å²) in [6.45, 7) is 7.68. The molecular weight excluding hydrogens is 230 g/mol. The van der Waals surface area contributed by atoms with Crippen molar-refractivity contribution in [1.29, 1.82) is 0 Å². The third-order valence-electron chi connectivity index (χ3n) is 4.06. The molecule has 2 saturated heterocycles. The molecule has 0 spiro atoms. The van der Waals surface area contributed by atoms with Gasteiger partial charge >= 0.3 is 6.09 Å². The third-order valence-corrected chi connectivity index (χ3v) is 4.06. The van der Waals surface area contributed by atoms with Gasteiger partial charge in [0.05, 0.1) is 5.54 Å². The fourth-order valence-electron chi connectivity index (χ4n) is 3.27. The highest BCUT2D eigenvalue weighted by atomic mass is 16.6. The molecule has 2 unspecified atom stereocenters. The monoisotopic (exact) mass is 253 g/mol. The minimum absolute atomic E-state index is 0.0565. The highest BCUT2D eigenvalue weighted by Gasteiger charge is 2.53. The van der Waals surface area contributed by atoms with E-state index in [4.69, 9.17) is 4.74 Å². The molecular formula is C14H23NO3. The van der Waals surface area contributed by atoms with Crippen LogP contribution in [0.25, 0.3) is 0 Å². The molecule has 1 amide bonds. The van der Waals surface area contributed by atoms with Crippen LogP contribution < -0.4 is 0 Å². The highest BCUT2D eigenvalue weighted by molar-refractivity contribution is 5.84. The van der Waals surface area contributed by atoms with E-state index >= 15 is 0 Å². The largest absolute Gasteiger partial charge is 0.444 e. The van der Waals surface area contributed by atoms with Gasteiger partial charge in [0.25, 0.3) is 0 Å². The van der Waals surface area contributed by atoms with E-state index in [1.54, 1.807) is 0 Å². The van der Waals surface area contributed by atoms with Gasteiger partial charge in [-0.3, -0.25) is 9.69 Å². The number of hydrogen-bond donors (Lipinski definition) is 0. The second-order valence-electron chi connectivity index (χ2n) is 6.54. The van der Waals surface area contributed by atoms with Gasteiger partial charge in [0.15, 0.2) is 0 Å². The van der Waals surface area contributed by atoms with Crippen LogP contribution in [0.3, 0.4) is 0 Å². The molecule has 0 aromatic heterocycles. The average molecular weight is 253 g/mol. The predicted molar refractivity (Wildman–Crippen MR) is 68.4 cm³/mol. The van der Waals surface area contributed by atoms with Crippen LogP contribution in [0.1, 0.15) is 59.8 Å². The number of piperidine rings is 1. The van der Waals surface area contributed by atoms with Crippen LogP contribution in [0.5, 0.6) is 0 Å². The van der Waals surface area contributed by atoms with Crippen LogP contribution in [0.2, 0.25) is 0 Å². The summed E-state index contributed by atoms with van der Waals surface area (Å²) in [6, 6.07) is 0.0565. The van der Waals surface area contributed by atoms with Gasteiger partial charge in [-0.1, -0.05) is 6.92 Å². The number of carbonyl (C=O) groups excluding carboxylic acids is 2. The number of amides is 1. The van der Waals surface area contributed by atoms with E-state index in [0.29, 0.717) is 18.6 Å². The summed E-state index contributed by atoms with van der Waals surface area (Å²) in [6.07, 6.45) is 3.44. The van der Waals surface area contributed by atoms with Crippen LogP contribution in [0.4, 0.5) is 4.79 Å². The standard InChI is InChI=1S/C14H23NO3/c1-5-14-7-6-10(8-11(16)9-14)15(14)12(17)18-13(2,3)4/h10H,5-9H2,1-4H3. The van der Waals surface area contributed by atoms with Crippen molar-refractivity contribution in [2.45, 2.75) is 77.0 Å². The van der Waals surface area contributed by atoms with E-state index in [1.807, 2.05) is 25.7 Å². The number of hydrogen-bond acceptors (Lipinski definition) is 3. The summed E-state index contributed by atoms with van der Waals surface area (Å²) in [5.74, 6) is 0.291. The lowest BCUT2D eigenvalue weighted by Gasteiger charge is -2.43. The molecule has 0 aliphatic carbocycles. The Morgan fingerprint density at radius 2 is 2.17 bits per heavy atom. The molecule has 2 bridgehead atoms. The lowest BCUT2D eigenvalue weighted by Crippen LogP contribution is -2.56. The van der Waals surface area contributed by atoms with Crippen molar-refractivity contribution in [3.63, 3.8) is 0 Å². The topological polar surface area (TPSA) is 46.6 Å². The zero-order valence-electron chi connectivity index (χ0n) is 11.8. The quantitative estimate of drug-likeness (QED) is 0.722. The maximum absolute atomic E-state index is 12.3. The maximum atomic E-state index is 12.3. The average Bonchev–Trinajstić information content (AvgIpc) is 2.46. The second kappa shape index (κ2) is 4.25. The van der Waals surface area contributed by atoms with Crippen molar-refractivity contribution in [1.82, 2.24) is 4.90 Å². The van der Waals surface area contributed by atoms with E-state index in [-0.39, 0.29) is 17.7 Å². The molecule has 0 aromatic rings. The Hall–Kier alpha value is -1.06. The highest BCUT2D eigenvalue weighted by Crippen LogP contribution is 2.45. The Morgan fingerprint density at radius 3 is 2.72 bits per heavy atom. The number of Topliss-reactive ketones (excluding diaryl/α,β-unsaturated/α-hetero) is 1. The van der Waals surface area contributed by atoms with Crippen molar-refractivity contribution in [2.24, 2.45) is 0 Å². The van der Waals surface area contributed by atoms with Crippen molar-refractivity contribution in [3.8, 4) is 0 Å². The first kappa shape index (κ1) is 13.4. The first-order valence-corrected chi connectivity index (χ1v) is 6.81. The predicted octanol–water partition coefficient (Wildman–Crippen LogP) is 2.90. The van der Waals surface area contributed by atoms with Gasteiger partial charge in [-0.2, -0.15) is 0 Å². The molecule has 0 aromatic carbocycles. The molecule has 0 radical (unpaired) electrons. The van der Waals surface area contributed by atoms with Crippen LogP contribution >= 0.6 is 0 Å². The molecule has 0 N–H and O–H groups in total. The molecule has 2 rings (SSSR count). The summed E-state index contributed by atoms with van der Waals surface area (Å²) in [7, 11) is 0. The van der Waals surface area contributed by atoms with Crippen molar-refractivity contribution >= 4 is 11.9 Å². The number of carbonyl (C=O) groups is 2. The molecule has 4 nitrogen and oxygen atoms in total. The summed E-state index contributed by atoms with van der Waals surface area (Å²) < 4.78 is 5.50. The Bertz CT molecular complexity index is 372. The Morgan fingerprint density at radius 1 is 1.50 bits per heavy atom. The number of nitrogens with zero attached hydrogens (tertiary/aromatic N) is 1. The van der Waals surface area contributed by atoms with Crippen molar-refractivity contribution < 1.29 is 14.3 Å². The lowest BCUT2D eigenvalue weighted by atomic mass is 9.85. The normalized spacial score (nSPS) is 31.7. The number of ketones is 1. The van der Waals surface area contributed by atoms with Crippen LogP contribution in [-0.2, 0) is 9.53 Å². The molecule has 2 aliphatic heterocycles. The van der Waals surface area contributed by atoms with Crippen LogP contribution in [0, 0.1) is 0 Å². The van der Waals surface area contributed by atoms with Gasteiger partial charge < -0.3 is 4.74 Å². The summed E-state index contributed by atoms with van der Waals surface area (Å²) in [4.78, 5) is 26.0. The Balaban J connectivity index is 2.22. The lowest BCUT2D eigenvalue weighted by molar-refractivity contribution is -0.126. The summed E-state index contributed by atoms with van der Waals surface area (Å²) >= 11 is 0. The van der Waals surface area contributed by atoms with Crippen LogP contribution in [0.15, 0.2) is 0 Å². The van der Waals surface area contributed by atoms with E-state index in [1.165, 1.54) is 0 Å². The zero-order chi connectivity index (χ0) is 13.6. The zero-order valence-corrected chi connectivity index (χ0v) is 11.8. The fourth-order valence-corrected chi connectivity index (χ4v) is 3.27. The molecule has 4 heteroatoms. The number of rotatable bonds is 1. The second-order valence-corrected chi connectivity index (χ2v) is 6.54. The smallest absolute Gasteiger partial charge is 0.411 e. The van der Waals surface area contributed by atoms with Gasteiger partial charge in [-0.05, 0) is 40.0 Å². The van der Waals surface area contributed by atoms with Gasteiger partial charge in [0.1, 0.15) is 11.4 Å². The van der Waals surface area contributed by atoms with E-state index in [2.05, 4.69) is 6.92 Å². The first-order chi connectivity index (χ1) is 8.27. The molecule has 18 heavy (non-hydrogen) atoms. The number of fused-ring (bicyclic) bond motifs is 2. The van der Waals surface area contributed by atoms with Crippen molar-refractivity contribution in [2.75, 3.05) is 0 Å². The Labute approximate surface area is 109 Å². The SMILES string of the molecule is CCC12CCC(CC(=O)C1)N2C(=O)OC(C)(C)C. The van der Waals surface area contributed by atoms with Gasteiger partial charge in [0.2, 0.25) is 0 Å². The summed E-state index contributed by atoms with van der Waals surface area (Å²) in [5, 5.41) is 0. The minimum atomic E-state index is -0.479. The molecule has 102 valence electrons. The van der Waals surface area contributed by atoms with Crippen molar-refractivity contribution in [3.05, 3.63) is 0 Å². The fraction of sp³-hybridized carbons (Fsp3) is 0.857. The molecule has 0 saturated carbocycles. The molecule has 2 atom stereocenters. The third kappa shape index (κ3) is 2.25. The minimum Gasteiger partial charge on any atom is -0.444 e. The van der Waals surface area contributed by atoms with Gasteiger partial charge in [0, 0.05) is 18.9 Å². The molecule has 2 fully saturated rings. The molecule has 2 heterocycles.